The highest BCUT2D eigenvalue weighted by Gasteiger charge is 2.35. The lowest BCUT2D eigenvalue weighted by Crippen LogP contribution is -2.42. The Morgan fingerprint density at radius 1 is 1.29 bits per heavy atom. The zero-order chi connectivity index (χ0) is 17.3. The first-order valence-electron chi connectivity index (χ1n) is 8.21. The molecule has 0 spiro atoms. The van der Waals surface area contributed by atoms with Crippen LogP contribution >= 0.6 is 0 Å². The first-order chi connectivity index (χ1) is 11.4. The molecule has 1 aromatic carbocycles. The topological polar surface area (TPSA) is 88.1 Å². The van der Waals surface area contributed by atoms with Crippen LogP contribution < -0.4 is 14.8 Å². The molecule has 0 aromatic heterocycles. The first-order valence-corrected chi connectivity index (χ1v) is 8.21. The molecule has 2 heterocycles. The number of benzene rings is 1. The predicted molar refractivity (Wildman–Crippen MR) is 87.3 cm³/mol. The van der Waals surface area contributed by atoms with E-state index in [2.05, 4.69) is 5.32 Å². The zero-order valence-corrected chi connectivity index (χ0v) is 13.9. The number of carbonyl (C=O) groups is 2. The minimum absolute atomic E-state index is 0.226. The van der Waals surface area contributed by atoms with Gasteiger partial charge in [-0.3, -0.25) is 4.79 Å². The number of piperidine rings is 1. The van der Waals surface area contributed by atoms with Crippen molar-refractivity contribution in [2.75, 3.05) is 18.4 Å². The van der Waals surface area contributed by atoms with Crippen LogP contribution in [0.3, 0.4) is 0 Å². The number of aliphatic carboxylic acids is 1. The van der Waals surface area contributed by atoms with Crippen molar-refractivity contribution in [3.8, 4) is 11.5 Å². The van der Waals surface area contributed by atoms with E-state index in [0.717, 1.165) is 0 Å². The molecule has 1 aromatic rings. The van der Waals surface area contributed by atoms with Gasteiger partial charge < -0.3 is 24.8 Å². The third-order valence-corrected chi connectivity index (χ3v) is 4.62. The van der Waals surface area contributed by atoms with Gasteiger partial charge in [0.1, 0.15) is 0 Å². The average Bonchev–Trinajstić information content (AvgIpc) is 2.91. The van der Waals surface area contributed by atoms with E-state index in [1.165, 1.54) is 0 Å². The number of urea groups is 1. The molecule has 7 nitrogen and oxygen atoms in total. The number of likely N-dealkylation sites (tertiary alicyclic amines) is 1. The highest BCUT2D eigenvalue weighted by Crippen LogP contribution is 2.42. The van der Waals surface area contributed by atoms with Crippen molar-refractivity contribution in [1.29, 1.82) is 0 Å². The Morgan fingerprint density at radius 3 is 2.58 bits per heavy atom. The third-order valence-electron chi connectivity index (χ3n) is 4.62. The molecule has 130 valence electrons. The van der Waals surface area contributed by atoms with Gasteiger partial charge in [0.25, 0.3) is 0 Å². The van der Waals surface area contributed by atoms with Crippen LogP contribution in [0.25, 0.3) is 0 Å². The second-order valence-electron chi connectivity index (χ2n) is 6.38. The number of hydrogen-bond donors (Lipinski definition) is 2. The number of nitrogens with zero attached hydrogens (tertiary/aromatic N) is 1. The Morgan fingerprint density at radius 2 is 1.96 bits per heavy atom. The number of nitrogens with one attached hydrogen (secondary N) is 1. The maximum Gasteiger partial charge on any atom is 0.321 e. The quantitative estimate of drug-likeness (QED) is 0.887. The fourth-order valence-corrected chi connectivity index (χ4v) is 2.91. The molecule has 0 radical (unpaired) electrons. The van der Waals surface area contributed by atoms with Gasteiger partial charge in [-0.25, -0.2) is 4.79 Å². The lowest BCUT2D eigenvalue weighted by Gasteiger charge is -2.30. The largest absolute Gasteiger partial charge is 0.481 e. The third kappa shape index (κ3) is 3.25. The number of carboxylic acid groups (broad SMARTS) is 1. The summed E-state index contributed by atoms with van der Waals surface area (Å²) >= 11 is 0. The Labute approximate surface area is 140 Å². The van der Waals surface area contributed by atoms with E-state index in [4.69, 9.17) is 14.6 Å². The minimum Gasteiger partial charge on any atom is -0.481 e. The second kappa shape index (κ2) is 6.22. The maximum atomic E-state index is 12.3. The van der Waals surface area contributed by atoms with Gasteiger partial charge in [-0.1, -0.05) is 6.92 Å². The first kappa shape index (κ1) is 16.4. The summed E-state index contributed by atoms with van der Waals surface area (Å²) in [6.45, 7) is 4.75. The van der Waals surface area contributed by atoms with Gasteiger partial charge in [-0.2, -0.15) is 0 Å². The van der Waals surface area contributed by atoms with Gasteiger partial charge in [0.2, 0.25) is 5.79 Å². The van der Waals surface area contributed by atoms with Gasteiger partial charge in [0.15, 0.2) is 11.5 Å². The molecule has 2 amide bonds. The van der Waals surface area contributed by atoms with E-state index >= 15 is 0 Å². The minimum atomic E-state index is -0.787. The Hall–Kier alpha value is -2.44. The zero-order valence-electron chi connectivity index (χ0n) is 13.9. The normalized spacial score (nSPS) is 23.2. The van der Waals surface area contributed by atoms with E-state index < -0.39 is 11.8 Å². The van der Waals surface area contributed by atoms with E-state index in [-0.39, 0.29) is 11.9 Å². The summed E-state index contributed by atoms with van der Waals surface area (Å²) in [6, 6.07) is 5.07. The molecule has 1 unspecified atom stereocenters. The molecule has 2 N–H and O–H groups in total. The molecular weight excluding hydrogens is 312 g/mol. The van der Waals surface area contributed by atoms with Crippen LogP contribution in [0.5, 0.6) is 11.5 Å². The van der Waals surface area contributed by atoms with Crippen molar-refractivity contribution < 1.29 is 24.2 Å². The smallest absolute Gasteiger partial charge is 0.321 e. The van der Waals surface area contributed by atoms with Crippen molar-refractivity contribution in [3.05, 3.63) is 18.2 Å². The van der Waals surface area contributed by atoms with Crippen LogP contribution in [0.2, 0.25) is 0 Å². The SMILES string of the molecule is CCC1(C)Oc2ccc(NC(=O)N3CCC(C(=O)O)CC3)cc2O1. The Balaban J connectivity index is 1.61. The van der Waals surface area contributed by atoms with Crippen LogP contribution in [0.4, 0.5) is 10.5 Å². The molecule has 0 saturated carbocycles. The Kier molecular flexibility index (Phi) is 4.26. The monoisotopic (exact) mass is 334 g/mol. The standard InChI is InChI=1S/C17H22N2O5/c1-3-17(2)23-13-5-4-12(10-14(13)24-17)18-16(22)19-8-6-11(7-9-19)15(20)21/h4-5,10-11H,3,6-9H2,1-2H3,(H,18,22)(H,20,21). The summed E-state index contributed by atoms with van der Waals surface area (Å²) in [6.07, 6.45) is 1.68. The van der Waals surface area contributed by atoms with Crippen molar-refractivity contribution in [2.24, 2.45) is 5.92 Å². The molecule has 2 aliphatic heterocycles. The van der Waals surface area contributed by atoms with Gasteiger partial charge in [0, 0.05) is 38.2 Å². The van der Waals surface area contributed by atoms with Crippen LogP contribution in [0.15, 0.2) is 18.2 Å². The highest BCUT2D eigenvalue weighted by atomic mass is 16.7. The van der Waals surface area contributed by atoms with Crippen molar-refractivity contribution in [2.45, 2.75) is 38.9 Å². The summed E-state index contributed by atoms with van der Waals surface area (Å²) < 4.78 is 11.6. The van der Waals surface area contributed by atoms with Crippen molar-refractivity contribution in [1.82, 2.24) is 4.90 Å². The van der Waals surface area contributed by atoms with E-state index in [1.54, 1.807) is 23.1 Å². The van der Waals surface area contributed by atoms with Crippen molar-refractivity contribution in [3.63, 3.8) is 0 Å². The average molecular weight is 334 g/mol. The molecule has 2 aliphatic rings. The summed E-state index contributed by atoms with van der Waals surface area (Å²) in [7, 11) is 0. The maximum absolute atomic E-state index is 12.3. The molecule has 1 saturated heterocycles. The number of amides is 2. The van der Waals surface area contributed by atoms with E-state index in [0.29, 0.717) is 49.5 Å². The second-order valence-corrected chi connectivity index (χ2v) is 6.38. The molecule has 7 heteroatoms. The predicted octanol–water partition coefficient (Wildman–Crippen LogP) is 2.91. The van der Waals surface area contributed by atoms with E-state index in [9.17, 15) is 9.59 Å². The summed E-state index contributed by atoms with van der Waals surface area (Å²) in [4.78, 5) is 24.9. The van der Waals surface area contributed by atoms with Crippen LogP contribution in [0, 0.1) is 5.92 Å². The fraction of sp³-hybridized carbons (Fsp3) is 0.529. The number of fused-ring (bicyclic) bond motifs is 1. The van der Waals surface area contributed by atoms with Crippen LogP contribution in [0.1, 0.15) is 33.1 Å². The van der Waals surface area contributed by atoms with Crippen molar-refractivity contribution >= 4 is 17.7 Å². The molecule has 0 bridgehead atoms. The number of rotatable bonds is 3. The Bertz CT molecular complexity index is 654. The summed E-state index contributed by atoms with van der Waals surface area (Å²) in [5.74, 6) is -0.526. The summed E-state index contributed by atoms with van der Waals surface area (Å²) in [5.41, 5.74) is 0.628. The summed E-state index contributed by atoms with van der Waals surface area (Å²) in [5, 5.41) is 11.8. The molecule has 1 atom stereocenters. The molecule has 1 fully saturated rings. The van der Waals surface area contributed by atoms with Gasteiger partial charge in [-0.05, 0) is 25.0 Å². The highest BCUT2D eigenvalue weighted by molar-refractivity contribution is 5.90. The van der Waals surface area contributed by atoms with Crippen LogP contribution in [-0.2, 0) is 4.79 Å². The molecule has 24 heavy (non-hydrogen) atoms. The number of anilines is 1. The van der Waals surface area contributed by atoms with E-state index in [1.807, 2.05) is 13.8 Å². The molecular formula is C17H22N2O5. The lowest BCUT2D eigenvalue weighted by molar-refractivity contribution is -0.143. The van der Waals surface area contributed by atoms with Gasteiger partial charge >= 0.3 is 12.0 Å². The number of ether oxygens (including phenoxy) is 2. The number of hydrogen-bond acceptors (Lipinski definition) is 4. The van der Waals surface area contributed by atoms with Gasteiger partial charge in [-0.15, -0.1) is 0 Å². The number of carboxylic acids is 1. The molecule has 0 aliphatic carbocycles. The lowest BCUT2D eigenvalue weighted by atomic mass is 9.97. The molecule has 3 rings (SSSR count). The van der Waals surface area contributed by atoms with Crippen LogP contribution in [-0.4, -0.2) is 40.9 Å². The van der Waals surface area contributed by atoms with Gasteiger partial charge in [0.05, 0.1) is 5.92 Å². The fourth-order valence-electron chi connectivity index (χ4n) is 2.91. The number of carbonyl (C=O) groups excluding carboxylic acids is 1.